The van der Waals surface area contributed by atoms with E-state index in [1.807, 2.05) is 0 Å². The molecule has 0 saturated heterocycles. The van der Waals surface area contributed by atoms with Gasteiger partial charge in [0.2, 0.25) is 0 Å². The topological polar surface area (TPSA) is 20.2 Å². The largest absolute Gasteiger partial charge is 0.392 e. The summed E-state index contributed by atoms with van der Waals surface area (Å²) in [6.45, 7) is 15.1. The summed E-state index contributed by atoms with van der Waals surface area (Å²) in [5, 5.41) is 10.9. The molecular formula is C22H34NO+. The molecule has 4 aliphatic carbocycles. The minimum atomic E-state index is -0.0947. The van der Waals surface area contributed by atoms with Crippen LogP contribution in [0.25, 0.3) is 0 Å². The second-order valence-electron chi connectivity index (χ2n) is 9.03. The maximum Gasteiger partial charge on any atom is 0.132 e. The molecule has 2 heteroatoms. The van der Waals surface area contributed by atoms with Crippen LogP contribution in [-0.2, 0) is 0 Å². The molecule has 1 aromatic carbocycles. The number of aliphatic hydroxyl groups excluding tert-OH is 1. The first-order valence-electron chi connectivity index (χ1n) is 10.0. The van der Waals surface area contributed by atoms with Crippen molar-refractivity contribution in [1.82, 2.24) is 4.48 Å². The summed E-state index contributed by atoms with van der Waals surface area (Å²) in [5.74, 6) is 1.81. The molecule has 0 radical (unpaired) electrons. The van der Waals surface area contributed by atoms with Gasteiger partial charge < -0.3 is 5.11 Å². The van der Waals surface area contributed by atoms with Crippen LogP contribution in [0.2, 0.25) is 0 Å². The molecule has 6 atom stereocenters. The van der Waals surface area contributed by atoms with E-state index in [4.69, 9.17) is 0 Å². The predicted molar refractivity (Wildman–Crippen MR) is 101 cm³/mol. The van der Waals surface area contributed by atoms with Gasteiger partial charge in [0.25, 0.3) is 0 Å². The monoisotopic (exact) mass is 328 g/mol. The molecule has 5 rings (SSSR count). The number of benzene rings is 1. The van der Waals surface area contributed by atoms with Gasteiger partial charge in [-0.05, 0) is 74.5 Å². The molecule has 6 unspecified atom stereocenters. The van der Waals surface area contributed by atoms with Crippen molar-refractivity contribution in [2.75, 3.05) is 19.6 Å². The average molecular weight is 329 g/mol. The Morgan fingerprint density at radius 2 is 1.62 bits per heavy atom. The van der Waals surface area contributed by atoms with Gasteiger partial charge in [-0.2, -0.15) is 0 Å². The lowest BCUT2D eigenvalue weighted by Gasteiger charge is -2.53. The Morgan fingerprint density at radius 3 is 2.04 bits per heavy atom. The molecule has 1 N–H and O–H groups in total. The lowest BCUT2D eigenvalue weighted by molar-refractivity contribution is -0.00533. The standard InChI is InChI=1S/C22H34NO/c1-6-23(7-2,8-3)16-11-9-15(10-12-16)19-18-17-13-14-21(4,20(18)24)22(17,19)5/h9-12,17-20,24H,6-8,13-14H2,1-5H3/q+1. The lowest BCUT2D eigenvalue weighted by atomic mass is 9.50. The Kier molecular flexibility index (Phi) is 3.51. The molecule has 132 valence electrons. The number of nitrogens with zero attached hydrogens (tertiary/aromatic N) is 1. The predicted octanol–water partition coefficient (Wildman–Crippen LogP) is 4.56. The summed E-state index contributed by atoms with van der Waals surface area (Å²) in [5.41, 5.74) is 3.36. The molecule has 0 aliphatic heterocycles. The van der Waals surface area contributed by atoms with Gasteiger partial charge in [0.05, 0.1) is 25.7 Å². The van der Waals surface area contributed by atoms with Gasteiger partial charge in [0.1, 0.15) is 5.69 Å². The van der Waals surface area contributed by atoms with Crippen molar-refractivity contribution >= 4 is 5.69 Å². The van der Waals surface area contributed by atoms with E-state index < -0.39 is 0 Å². The molecule has 4 bridgehead atoms. The number of hydrogen-bond donors (Lipinski definition) is 1. The van der Waals surface area contributed by atoms with E-state index in [9.17, 15) is 5.11 Å². The second-order valence-corrected chi connectivity index (χ2v) is 9.03. The van der Waals surface area contributed by atoms with E-state index in [-0.39, 0.29) is 11.5 Å². The number of quaternary nitrogens is 1. The third kappa shape index (κ3) is 1.60. The van der Waals surface area contributed by atoms with Crippen molar-refractivity contribution < 1.29 is 5.11 Å². The zero-order chi connectivity index (χ0) is 17.3. The van der Waals surface area contributed by atoms with Crippen molar-refractivity contribution in [1.29, 1.82) is 0 Å². The van der Waals surface area contributed by atoms with E-state index in [0.29, 0.717) is 17.3 Å². The Morgan fingerprint density at radius 1 is 1.04 bits per heavy atom. The Labute approximate surface area is 147 Å². The van der Waals surface area contributed by atoms with Gasteiger partial charge in [-0.15, -0.1) is 0 Å². The van der Waals surface area contributed by atoms with Crippen LogP contribution in [0.15, 0.2) is 24.3 Å². The maximum absolute atomic E-state index is 10.9. The highest BCUT2D eigenvalue weighted by Crippen LogP contribution is 2.83. The smallest absolute Gasteiger partial charge is 0.132 e. The fourth-order valence-electron chi connectivity index (χ4n) is 7.22. The first-order valence-corrected chi connectivity index (χ1v) is 10.0. The summed E-state index contributed by atoms with van der Waals surface area (Å²) in [6.07, 6.45) is 2.44. The highest BCUT2D eigenvalue weighted by Gasteiger charge is 2.80. The minimum Gasteiger partial charge on any atom is -0.392 e. The highest BCUT2D eigenvalue weighted by molar-refractivity contribution is 5.48. The van der Waals surface area contributed by atoms with Gasteiger partial charge in [0, 0.05) is 5.41 Å². The zero-order valence-corrected chi connectivity index (χ0v) is 16.0. The van der Waals surface area contributed by atoms with Crippen LogP contribution in [0, 0.1) is 22.7 Å². The molecule has 0 amide bonds. The zero-order valence-electron chi connectivity index (χ0n) is 16.0. The van der Waals surface area contributed by atoms with Crippen molar-refractivity contribution in [3.05, 3.63) is 29.8 Å². The molecule has 0 heterocycles. The summed E-state index contributed by atoms with van der Waals surface area (Å²) in [4.78, 5) is 0. The molecule has 0 spiro atoms. The normalized spacial score (nSPS) is 43.1. The fraction of sp³-hybridized carbons (Fsp3) is 0.727. The number of aliphatic hydroxyl groups is 1. The van der Waals surface area contributed by atoms with Crippen LogP contribution < -0.4 is 4.48 Å². The highest BCUT2D eigenvalue weighted by atomic mass is 16.3. The minimum absolute atomic E-state index is 0.0947. The quantitative estimate of drug-likeness (QED) is 0.785. The van der Waals surface area contributed by atoms with Gasteiger partial charge in [0.15, 0.2) is 0 Å². The Bertz CT molecular complexity index is 624. The molecular weight excluding hydrogens is 294 g/mol. The Hall–Kier alpha value is -0.860. The summed E-state index contributed by atoms with van der Waals surface area (Å²) < 4.78 is 1.06. The van der Waals surface area contributed by atoms with Crippen molar-refractivity contribution in [2.24, 2.45) is 22.7 Å². The summed E-state index contributed by atoms with van der Waals surface area (Å²) in [6, 6.07) is 9.48. The van der Waals surface area contributed by atoms with E-state index >= 15 is 0 Å². The van der Waals surface area contributed by atoms with E-state index in [2.05, 4.69) is 58.9 Å². The molecule has 4 fully saturated rings. The van der Waals surface area contributed by atoms with Gasteiger partial charge >= 0.3 is 0 Å². The molecule has 4 saturated carbocycles. The molecule has 1 aromatic rings. The van der Waals surface area contributed by atoms with Crippen LogP contribution in [0.1, 0.15) is 58.9 Å². The van der Waals surface area contributed by atoms with E-state index in [1.54, 1.807) is 0 Å². The first kappa shape index (κ1) is 16.6. The van der Waals surface area contributed by atoms with Crippen LogP contribution >= 0.6 is 0 Å². The lowest BCUT2D eigenvalue weighted by Crippen LogP contribution is -2.49. The van der Waals surface area contributed by atoms with Crippen molar-refractivity contribution in [3.8, 4) is 0 Å². The van der Waals surface area contributed by atoms with Crippen LogP contribution in [0.5, 0.6) is 0 Å². The third-order valence-corrected chi connectivity index (χ3v) is 9.10. The molecule has 0 aromatic heterocycles. The second kappa shape index (κ2) is 5.08. The average Bonchev–Trinajstić information content (AvgIpc) is 2.98. The number of rotatable bonds is 5. The van der Waals surface area contributed by atoms with E-state index in [0.717, 1.165) is 30.0 Å². The van der Waals surface area contributed by atoms with Gasteiger partial charge in [-0.25, -0.2) is 0 Å². The SMILES string of the molecule is CC[N+](CC)(CC)c1ccc(C2C3C(O)C4(C)CCC3C24C)cc1. The molecule has 4 aliphatic rings. The van der Waals surface area contributed by atoms with Crippen molar-refractivity contribution in [3.63, 3.8) is 0 Å². The summed E-state index contributed by atoms with van der Waals surface area (Å²) >= 11 is 0. The molecule has 24 heavy (non-hydrogen) atoms. The van der Waals surface area contributed by atoms with Gasteiger partial charge in [-0.1, -0.05) is 26.0 Å². The first-order chi connectivity index (χ1) is 11.4. The third-order valence-electron chi connectivity index (χ3n) is 9.10. The molecule has 2 nitrogen and oxygen atoms in total. The number of hydrogen-bond acceptors (Lipinski definition) is 1. The van der Waals surface area contributed by atoms with Crippen LogP contribution in [-0.4, -0.2) is 30.8 Å². The van der Waals surface area contributed by atoms with Crippen molar-refractivity contribution in [2.45, 2.75) is 59.5 Å². The maximum atomic E-state index is 10.9. The van der Waals surface area contributed by atoms with Crippen LogP contribution in [0.4, 0.5) is 5.69 Å². The van der Waals surface area contributed by atoms with E-state index in [1.165, 1.54) is 24.1 Å². The van der Waals surface area contributed by atoms with Crippen LogP contribution in [0.3, 0.4) is 0 Å². The Balaban J connectivity index is 1.66. The fourth-order valence-corrected chi connectivity index (χ4v) is 7.22. The van der Waals surface area contributed by atoms with Gasteiger partial charge in [-0.3, -0.25) is 4.48 Å². The summed E-state index contributed by atoms with van der Waals surface area (Å²) in [7, 11) is 0.